The van der Waals surface area contributed by atoms with Gasteiger partial charge in [0.15, 0.2) is 0 Å². The van der Waals surface area contributed by atoms with E-state index in [0.29, 0.717) is 0 Å². The highest BCUT2D eigenvalue weighted by molar-refractivity contribution is 7.97. The summed E-state index contributed by atoms with van der Waals surface area (Å²) in [6, 6.07) is 10.5. The van der Waals surface area contributed by atoms with Crippen LogP contribution in [0.15, 0.2) is 35.2 Å². The molecule has 0 spiro atoms. The zero-order valence-electron chi connectivity index (χ0n) is 10.4. The van der Waals surface area contributed by atoms with Gasteiger partial charge < -0.3 is 0 Å². The van der Waals surface area contributed by atoms with Crippen molar-refractivity contribution in [3.8, 4) is 0 Å². The Labute approximate surface area is 99.0 Å². The summed E-state index contributed by atoms with van der Waals surface area (Å²) in [7, 11) is 0. The molecule has 0 bridgehead atoms. The van der Waals surface area contributed by atoms with Gasteiger partial charge in [-0.1, -0.05) is 45.9 Å². The average Bonchev–Trinajstić information content (AvgIpc) is 2.32. The van der Waals surface area contributed by atoms with Gasteiger partial charge in [0, 0.05) is 18.0 Å². The molecule has 15 heavy (non-hydrogen) atoms. The molecule has 86 valence electrons. The van der Waals surface area contributed by atoms with Crippen LogP contribution in [-0.4, -0.2) is 17.4 Å². The van der Waals surface area contributed by atoms with E-state index in [-0.39, 0.29) is 0 Å². The first kappa shape index (κ1) is 14.5. The van der Waals surface area contributed by atoms with Crippen LogP contribution in [0.25, 0.3) is 0 Å². The van der Waals surface area contributed by atoms with E-state index < -0.39 is 0 Å². The minimum absolute atomic E-state index is 1.10. The van der Waals surface area contributed by atoms with E-state index in [1.54, 1.807) is 0 Å². The molecule has 0 atom stereocenters. The second-order valence-corrected chi connectivity index (χ2v) is 4.10. The van der Waals surface area contributed by atoms with Crippen molar-refractivity contribution in [1.29, 1.82) is 0 Å². The van der Waals surface area contributed by atoms with E-state index in [1.807, 2.05) is 25.8 Å². The first-order chi connectivity index (χ1) is 7.36. The van der Waals surface area contributed by atoms with E-state index >= 15 is 0 Å². The fourth-order valence-corrected chi connectivity index (χ4v) is 2.13. The summed E-state index contributed by atoms with van der Waals surface area (Å²) in [5, 5.41) is 0. The first-order valence-corrected chi connectivity index (χ1v) is 6.62. The lowest BCUT2D eigenvalue weighted by molar-refractivity contribution is 0.493. The van der Waals surface area contributed by atoms with Crippen LogP contribution in [0.1, 0.15) is 34.1 Å². The maximum atomic E-state index is 2.38. The topological polar surface area (TPSA) is 3.24 Å². The fourth-order valence-electron chi connectivity index (χ4n) is 1.15. The lowest BCUT2D eigenvalue weighted by atomic mass is 10.4. The Kier molecular flexibility index (Phi) is 9.75. The minimum atomic E-state index is 1.10. The Morgan fingerprint density at radius 2 is 1.67 bits per heavy atom. The molecule has 0 aliphatic carbocycles. The Bertz CT molecular complexity index is 223. The molecule has 0 amide bonds. The van der Waals surface area contributed by atoms with E-state index in [2.05, 4.69) is 48.5 Å². The van der Waals surface area contributed by atoms with E-state index in [1.165, 1.54) is 11.3 Å². The molecule has 1 rings (SSSR count). The predicted octanol–water partition coefficient (Wildman–Crippen LogP) is 4.45. The SMILES string of the molecule is CC.CCCN(CC)Sc1ccccc1. The first-order valence-electron chi connectivity index (χ1n) is 5.84. The van der Waals surface area contributed by atoms with Crippen LogP contribution in [0, 0.1) is 0 Å². The monoisotopic (exact) mass is 225 g/mol. The number of rotatable bonds is 5. The van der Waals surface area contributed by atoms with Crippen molar-refractivity contribution in [2.45, 2.75) is 39.0 Å². The van der Waals surface area contributed by atoms with Crippen molar-refractivity contribution in [2.24, 2.45) is 0 Å². The van der Waals surface area contributed by atoms with Crippen molar-refractivity contribution in [3.05, 3.63) is 30.3 Å². The maximum absolute atomic E-state index is 2.38. The van der Waals surface area contributed by atoms with E-state index in [9.17, 15) is 0 Å². The van der Waals surface area contributed by atoms with Gasteiger partial charge in [-0.05, 0) is 30.5 Å². The van der Waals surface area contributed by atoms with Gasteiger partial charge in [0.2, 0.25) is 0 Å². The molecule has 0 fully saturated rings. The predicted molar refractivity (Wildman–Crippen MR) is 71.2 cm³/mol. The van der Waals surface area contributed by atoms with Gasteiger partial charge in [-0.3, -0.25) is 0 Å². The van der Waals surface area contributed by atoms with Crippen molar-refractivity contribution < 1.29 is 0 Å². The van der Waals surface area contributed by atoms with Gasteiger partial charge in [0.25, 0.3) is 0 Å². The number of hydrogen-bond donors (Lipinski definition) is 0. The van der Waals surface area contributed by atoms with Crippen LogP contribution in [-0.2, 0) is 0 Å². The standard InChI is InChI=1S/C11H17NS.C2H6/c1-3-10-12(4-2)13-11-8-6-5-7-9-11;1-2/h5-9H,3-4,10H2,1-2H3;1-2H3. The van der Waals surface area contributed by atoms with Crippen molar-refractivity contribution in [1.82, 2.24) is 4.31 Å². The van der Waals surface area contributed by atoms with Crippen molar-refractivity contribution in [3.63, 3.8) is 0 Å². The highest BCUT2D eigenvalue weighted by Gasteiger charge is 2.01. The molecule has 1 aromatic rings. The third kappa shape index (κ3) is 6.58. The van der Waals surface area contributed by atoms with Crippen LogP contribution >= 0.6 is 11.9 Å². The molecule has 0 aromatic heterocycles. The lowest BCUT2D eigenvalue weighted by Crippen LogP contribution is -2.15. The molecule has 0 radical (unpaired) electrons. The highest BCUT2D eigenvalue weighted by atomic mass is 32.2. The molecule has 0 heterocycles. The highest BCUT2D eigenvalue weighted by Crippen LogP contribution is 2.21. The van der Waals surface area contributed by atoms with Crippen LogP contribution in [0.2, 0.25) is 0 Å². The molecule has 0 N–H and O–H groups in total. The average molecular weight is 225 g/mol. The third-order valence-corrected chi connectivity index (χ3v) is 2.99. The summed E-state index contributed by atoms with van der Waals surface area (Å²) < 4.78 is 2.38. The second-order valence-electron chi connectivity index (χ2n) is 2.93. The Hall–Kier alpha value is -0.470. The number of benzene rings is 1. The lowest BCUT2D eigenvalue weighted by Gasteiger charge is -2.17. The largest absolute Gasteiger partial charge is 0.247 e. The van der Waals surface area contributed by atoms with Gasteiger partial charge in [0.05, 0.1) is 0 Å². The summed E-state index contributed by atoms with van der Waals surface area (Å²) in [5.41, 5.74) is 0. The molecule has 2 heteroatoms. The van der Waals surface area contributed by atoms with Gasteiger partial charge in [0.1, 0.15) is 0 Å². The zero-order chi connectivity index (χ0) is 11.5. The Morgan fingerprint density at radius 3 is 2.13 bits per heavy atom. The van der Waals surface area contributed by atoms with Crippen molar-refractivity contribution in [2.75, 3.05) is 13.1 Å². The molecule has 0 saturated carbocycles. The molecule has 1 aromatic carbocycles. The number of nitrogens with zero attached hydrogens (tertiary/aromatic N) is 1. The summed E-state index contributed by atoms with van der Waals surface area (Å²) in [5.74, 6) is 0. The second kappa shape index (κ2) is 10.1. The molecule has 1 nitrogen and oxygen atoms in total. The number of hydrogen-bond acceptors (Lipinski definition) is 2. The Morgan fingerprint density at radius 1 is 1.07 bits per heavy atom. The van der Waals surface area contributed by atoms with Gasteiger partial charge in [-0.25, -0.2) is 4.31 Å². The van der Waals surface area contributed by atoms with E-state index in [0.717, 1.165) is 13.1 Å². The van der Waals surface area contributed by atoms with Crippen molar-refractivity contribution >= 4 is 11.9 Å². The zero-order valence-corrected chi connectivity index (χ0v) is 11.2. The summed E-state index contributed by atoms with van der Waals surface area (Å²) in [6.07, 6.45) is 1.22. The van der Waals surface area contributed by atoms with Crippen LogP contribution < -0.4 is 0 Å². The minimum Gasteiger partial charge on any atom is -0.247 e. The van der Waals surface area contributed by atoms with E-state index in [4.69, 9.17) is 0 Å². The molecular formula is C13H23NS. The van der Waals surface area contributed by atoms with Crippen LogP contribution in [0.5, 0.6) is 0 Å². The van der Waals surface area contributed by atoms with Gasteiger partial charge >= 0.3 is 0 Å². The molecule has 0 saturated heterocycles. The van der Waals surface area contributed by atoms with Crippen LogP contribution in [0.4, 0.5) is 0 Å². The smallest absolute Gasteiger partial charge is 0.0230 e. The van der Waals surface area contributed by atoms with Gasteiger partial charge in [-0.2, -0.15) is 0 Å². The molecule has 0 aliphatic rings. The van der Waals surface area contributed by atoms with Crippen LogP contribution in [0.3, 0.4) is 0 Å². The summed E-state index contributed by atoms with van der Waals surface area (Å²) in [4.78, 5) is 1.33. The summed E-state index contributed by atoms with van der Waals surface area (Å²) >= 11 is 1.85. The molecule has 0 unspecified atom stereocenters. The molecular weight excluding hydrogens is 202 g/mol. The molecule has 0 aliphatic heterocycles. The third-order valence-electron chi connectivity index (χ3n) is 1.80. The Balaban J connectivity index is 0.000000921. The van der Waals surface area contributed by atoms with Gasteiger partial charge in [-0.15, -0.1) is 0 Å². The summed E-state index contributed by atoms with van der Waals surface area (Å²) in [6.45, 7) is 10.7. The maximum Gasteiger partial charge on any atom is 0.0230 e. The quantitative estimate of drug-likeness (QED) is 0.681. The fraction of sp³-hybridized carbons (Fsp3) is 0.538. The normalized spacial score (nSPS) is 9.67.